The number of aromatic nitrogens is 2. The minimum absolute atomic E-state index is 0.144. The van der Waals surface area contributed by atoms with Gasteiger partial charge in [0.2, 0.25) is 11.7 Å². The highest BCUT2D eigenvalue weighted by atomic mass is 35.5. The Morgan fingerprint density at radius 1 is 1.18 bits per heavy atom. The maximum atomic E-state index is 12.8. The molecule has 1 aromatic heterocycles. The second-order valence-electron chi connectivity index (χ2n) is 6.54. The van der Waals surface area contributed by atoms with Gasteiger partial charge in [0.05, 0.1) is 6.54 Å². The first-order valence-electron chi connectivity index (χ1n) is 9.03. The van der Waals surface area contributed by atoms with Crippen LogP contribution in [0.15, 0.2) is 53.1 Å². The van der Waals surface area contributed by atoms with Gasteiger partial charge in [-0.15, -0.1) is 0 Å². The summed E-state index contributed by atoms with van der Waals surface area (Å²) in [7, 11) is 1.69. The van der Waals surface area contributed by atoms with Crippen molar-refractivity contribution < 1.29 is 14.1 Å². The zero-order chi connectivity index (χ0) is 20.1. The molecule has 1 amide bonds. The number of rotatable bonds is 7. The molecule has 28 heavy (non-hydrogen) atoms. The van der Waals surface area contributed by atoms with Gasteiger partial charge in [-0.2, -0.15) is 4.98 Å². The minimum atomic E-state index is -0.577. The molecule has 0 fully saturated rings. The maximum absolute atomic E-state index is 12.8. The predicted molar refractivity (Wildman–Crippen MR) is 107 cm³/mol. The van der Waals surface area contributed by atoms with E-state index in [-0.39, 0.29) is 12.5 Å². The Morgan fingerprint density at radius 2 is 1.86 bits per heavy atom. The zero-order valence-electron chi connectivity index (χ0n) is 16.1. The molecule has 0 bridgehead atoms. The van der Waals surface area contributed by atoms with Gasteiger partial charge in [0.25, 0.3) is 5.91 Å². The van der Waals surface area contributed by atoms with Gasteiger partial charge in [0.15, 0.2) is 6.10 Å². The zero-order valence-corrected chi connectivity index (χ0v) is 16.8. The number of ether oxygens (including phenoxy) is 1. The molecule has 0 spiro atoms. The maximum Gasteiger partial charge on any atom is 0.263 e. The van der Waals surface area contributed by atoms with Crippen LogP contribution in [-0.2, 0) is 11.3 Å². The molecule has 1 atom stereocenters. The van der Waals surface area contributed by atoms with Gasteiger partial charge in [-0.3, -0.25) is 4.79 Å². The van der Waals surface area contributed by atoms with E-state index in [0.29, 0.717) is 28.9 Å². The van der Waals surface area contributed by atoms with E-state index in [1.165, 1.54) is 4.90 Å². The summed E-state index contributed by atoms with van der Waals surface area (Å²) in [6, 6.07) is 14.8. The standard InChI is InChI=1S/C21H22ClN3O3/c1-4-18(27-17-11-5-14(2)6-12-17)21(26)25(3)13-19-23-20(24-28-19)15-7-9-16(22)10-8-15/h5-12,18H,4,13H2,1-3H3/t18-/m1/s1. The lowest BCUT2D eigenvalue weighted by atomic mass is 10.2. The first-order valence-corrected chi connectivity index (χ1v) is 9.41. The summed E-state index contributed by atoms with van der Waals surface area (Å²) in [5, 5.41) is 4.61. The van der Waals surface area contributed by atoms with Crippen LogP contribution in [0.3, 0.4) is 0 Å². The first-order chi connectivity index (χ1) is 13.5. The van der Waals surface area contributed by atoms with Crippen molar-refractivity contribution in [2.24, 2.45) is 0 Å². The molecule has 3 aromatic rings. The molecule has 1 heterocycles. The molecule has 6 nitrogen and oxygen atoms in total. The van der Waals surface area contributed by atoms with Gasteiger partial charge in [0.1, 0.15) is 5.75 Å². The van der Waals surface area contributed by atoms with Crippen molar-refractivity contribution in [1.29, 1.82) is 0 Å². The van der Waals surface area contributed by atoms with Crippen molar-refractivity contribution in [2.45, 2.75) is 32.9 Å². The number of likely N-dealkylation sites (N-methyl/N-ethyl adjacent to an activating group) is 1. The van der Waals surface area contributed by atoms with E-state index in [1.54, 1.807) is 19.2 Å². The molecule has 7 heteroatoms. The predicted octanol–water partition coefficient (Wildman–Crippen LogP) is 4.51. The van der Waals surface area contributed by atoms with Crippen LogP contribution < -0.4 is 4.74 Å². The van der Waals surface area contributed by atoms with Gasteiger partial charge in [0, 0.05) is 17.6 Å². The lowest BCUT2D eigenvalue weighted by Crippen LogP contribution is -2.39. The van der Waals surface area contributed by atoms with E-state index in [1.807, 2.05) is 50.2 Å². The Labute approximate surface area is 169 Å². The van der Waals surface area contributed by atoms with Gasteiger partial charge >= 0.3 is 0 Å². The summed E-state index contributed by atoms with van der Waals surface area (Å²) in [5.74, 6) is 1.33. The average Bonchev–Trinajstić information content (AvgIpc) is 3.16. The molecule has 0 radical (unpaired) electrons. The van der Waals surface area contributed by atoms with Gasteiger partial charge in [-0.1, -0.05) is 41.4 Å². The third-order valence-corrected chi connectivity index (χ3v) is 4.52. The molecule has 0 saturated heterocycles. The van der Waals surface area contributed by atoms with Crippen molar-refractivity contribution in [3.8, 4) is 17.1 Å². The first kappa shape index (κ1) is 19.9. The van der Waals surface area contributed by atoms with Crippen molar-refractivity contribution in [1.82, 2.24) is 15.0 Å². The number of aryl methyl sites for hydroxylation is 1. The lowest BCUT2D eigenvalue weighted by molar-refractivity contribution is -0.138. The van der Waals surface area contributed by atoms with E-state index in [0.717, 1.165) is 11.1 Å². The fourth-order valence-corrected chi connectivity index (χ4v) is 2.78. The molecule has 2 aromatic carbocycles. The summed E-state index contributed by atoms with van der Waals surface area (Å²) in [6.45, 7) is 4.12. The molecule has 0 aliphatic carbocycles. The monoisotopic (exact) mass is 399 g/mol. The van der Waals surface area contributed by atoms with Gasteiger partial charge in [-0.25, -0.2) is 0 Å². The number of benzene rings is 2. The van der Waals surface area contributed by atoms with Gasteiger partial charge in [-0.05, 0) is 49.7 Å². The van der Waals surface area contributed by atoms with Crippen molar-refractivity contribution in [2.75, 3.05) is 7.05 Å². The van der Waals surface area contributed by atoms with E-state index in [2.05, 4.69) is 10.1 Å². The Balaban J connectivity index is 1.64. The Hall–Kier alpha value is -2.86. The largest absolute Gasteiger partial charge is 0.481 e. The third-order valence-electron chi connectivity index (χ3n) is 4.26. The van der Waals surface area contributed by atoms with E-state index in [4.69, 9.17) is 20.9 Å². The molecule has 146 valence electrons. The number of halogens is 1. The van der Waals surface area contributed by atoms with Crippen LogP contribution in [0.1, 0.15) is 24.8 Å². The van der Waals surface area contributed by atoms with Gasteiger partial charge < -0.3 is 14.2 Å². The fraction of sp³-hybridized carbons (Fsp3) is 0.286. The average molecular weight is 400 g/mol. The van der Waals surface area contributed by atoms with Crippen LogP contribution in [0.25, 0.3) is 11.4 Å². The Morgan fingerprint density at radius 3 is 2.50 bits per heavy atom. The number of carbonyl (C=O) groups excluding carboxylic acids is 1. The summed E-state index contributed by atoms with van der Waals surface area (Å²) in [5.41, 5.74) is 1.93. The highest BCUT2D eigenvalue weighted by molar-refractivity contribution is 6.30. The van der Waals surface area contributed by atoms with Crippen molar-refractivity contribution in [3.63, 3.8) is 0 Å². The van der Waals surface area contributed by atoms with Crippen LogP contribution >= 0.6 is 11.6 Å². The quantitative estimate of drug-likeness (QED) is 0.584. The second kappa shape index (κ2) is 8.89. The number of nitrogens with zero attached hydrogens (tertiary/aromatic N) is 3. The molecular weight excluding hydrogens is 378 g/mol. The summed E-state index contributed by atoms with van der Waals surface area (Å²) >= 11 is 5.90. The summed E-state index contributed by atoms with van der Waals surface area (Å²) < 4.78 is 11.1. The molecular formula is C21H22ClN3O3. The van der Waals surface area contributed by atoms with E-state index in [9.17, 15) is 4.79 Å². The smallest absolute Gasteiger partial charge is 0.263 e. The summed E-state index contributed by atoms with van der Waals surface area (Å²) in [4.78, 5) is 18.6. The van der Waals surface area contributed by atoms with Crippen molar-refractivity contribution in [3.05, 3.63) is 65.0 Å². The number of carbonyl (C=O) groups is 1. The molecule has 3 rings (SSSR count). The molecule has 0 unspecified atom stereocenters. The van der Waals surface area contributed by atoms with Crippen LogP contribution in [0.4, 0.5) is 0 Å². The lowest BCUT2D eigenvalue weighted by Gasteiger charge is -2.22. The molecule has 0 aliphatic rings. The minimum Gasteiger partial charge on any atom is -0.481 e. The van der Waals surface area contributed by atoms with Crippen LogP contribution in [0.2, 0.25) is 5.02 Å². The number of amides is 1. The van der Waals surface area contributed by atoms with E-state index < -0.39 is 6.10 Å². The van der Waals surface area contributed by atoms with Crippen LogP contribution in [-0.4, -0.2) is 34.1 Å². The van der Waals surface area contributed by atoms with Crippen LogP contribution in [0, 0.1) is 6.92 Å². The SMILES string of the molecule is CC[C@@H](Oc1ccc(C)cc1)C(=O)N(C)Cc1nc(-c2ccc(Cl)cc2)no1. The fourth-order valence-electron chi connectivity index (χ4n) is 2.65. The molecule has 0 N–H and O–H groups in total. The summed E-state index contributed by atoms with van der Waals surface area (Å²) in [6.07, 6.45) is -0.0250. The third kappa shape index (κ3) is 4.89. The van der Waals surface area contributed by atoms with E-state index >= 15 is 0 Å². The number of hydrogen-bond donors (Lipinski definition) is 0. The Kier molecular flexibility index (Phi) is 6.31. The highest BCUT2D eigenvalue weighted by Crippen LogP contribution is 2.20. The number of hydrogen-bond acceptors (Lipinski definition) is 5. The van der Waals surface area contributed by atoms with Crippen molar-refractivity contribution >= 4 is 17.5 Å². The highest BCUT2D eigenvalue weighted by Gasteiger charge is 2.24. The van der Waals surface area contributed by atoms with Crippen LogP contribution in [0.5, 0.6) is 5.75 Å². The topological polar surface area (TPSA) is 68.5 Å². The molecule has 0 aliphatic heterocycles. The molecule has 0 saturated carbocycles. The normalized spacial score (nSPS) is 11.9. The second-order valence-corrected chi connectivity index (χ2v) is 6.98. The Bertz CT molecular complexity index is 923.